The minimum absolute atomic E-state index is 0.154. The van der Waals surface area contributed by atoms with Gasteiger partial charge in [0.15, 0.2) is 5.75 Å². The van der Waals surface area contributed by atoms with Crippen molar-refractivity contribution in [1.82, 2.24) is 9.97 Å². The molecule has 7 heteroatoms. The van der Waals surface area contributed by atoms with Gasteiger partial charge in [-0.05, 0) is 0 Å². The fourth-order valence-electron chi connectivity index (χ4n) is 0.470. The molecular formula is C4H5N2O3PS. The summed E-state index contributed by atoms with van der Waals surface area (Å²) < 4.78 is 4.51. The van der Waals surface area contributed by atoms with Gasteiger partial charge in [-0.15, -0.1) is 0 Å². The van der Waals surface area contributed by atoms with Crippen molar-refractivity contribution >= 4 is 18.5 Å². The molecule has 0 aliphatic carbocycles. The zero-order chi connectivity index (χ0) is 8.32. The normalized spacial score (nSPS) is 11.1. The third-order valence-corrected chi connectivity index (χ3v) is 1.43. The van der Waals surface area contributed by atoms with Gasteiger partial charge in [0, 0.05) is 11.8 Å². The van der Waals surface area contributed by atoms with Crippen LogP contribution in [0.4, 0.5) is 0 Å². The van der Waals surface area contributed by atoms with Crippen LogP contribution < -0.4 is 4.52 Å². The summed E-state index contributed by atoms with van der Waals surface area (Å²) in [6.07, 6.45) is 3.88. The Morgan fingerprint density at radius 2 is 1.91 bits per heavy atom. The predicted molar refractivity (Wildman–Crippen MR) is 41.4 cm³/mol. The average Bonchev–Trinajstić information content (AvgIpc) is 1.85. The standard InChI is InChI=1S/C4H5N2O3PS/c7-10(8,11)9-4-1-5-3-6-2-4/h1-3H,(H2,7,8,11). The molecule has 0 unspecified atom stereocenters. The highest BCUT2D eigenvalue weighted by atomic mass is 32.5. The molecule has 0 saturated heterocycles. The van der Waals surface area contributed by atoms with Crippen molar-refractivity contribution in [1.29, 1.82) is 0 Å². The Balaban J connectivity index is 2.74. The third-order valence-electron chi connectivity index (χ3n) is 0.761. The number of rotatable bonds is 2. The van der Waals surface area contributed by atoms with E-state index in [9.17, 15) is 0 Å². The van der Waals surface area contributed by atoms with E-state index in [4.69, 9.17) is 9.79 Å². The van der Waals surface area contributed by atoms with Crippen molar-refractivity contribution < 1.29 is 14.3 Å². The van der Waals surface area contributed by atoms with Crippen molar-refractivity contribution in [3.63, 3.8) is 0 Å². The van der Waals surface area contributed by atoms with Gasteiger partial charge in [-0.1, -0.05) is 0 Å². The second kappa shape index (κ2) is 3.23. The summed E-state index contributed by atoms with van der Waals surface area (Å²) in [6.45, 7) is -3.63. The minimum Gasteiger partial charge on any atom is -0.421 e. The molecule has 1 rings (SSSR count). The SMILES string of the molecule is OP(O)(=S)Oc1cncnc1. The molecule has 0 atom stereocenters. The molecule has 11 heavy (non-hydrogen) atoms. The van der Waals surface area contributed by atoms with Crippen LogP contribution in [0.2, 0.25) is 0 Å². The Kier molecular flexibility index (Phi) is 2.51. The molecule has 5 nitrogen and oxygen atoms in total. The topological polar surface area (TPSA) is 75.5 Å². The molecule has 0 aliphatic heterocycles. The molecule has 1 aromatic rings. The lowest BCUT2D eigenvalue weighted by atomic mass is 10.6. The highest BCUT2D eigenvalue weighted by molar-refractivity contribution is 8.06. The van der Waals surface area contributed by atoms with Gasteiger partial charge in [0.1, 0.15) is 6.33 Å². The van der Waals surface area contributed by atoms with E-state index in [1.165, 1.54) is 18.7 Å². The largest absolute Gasteiger partial charge is 0.421 e. The summed E-state index contributed by atoms with van der Waals surface area (Å²) in [6, 6.07) is 0. The van der Waals surface area contributed by atoms with Crippen molar-refractivity contribution in [3.8, 4) is 5.75 Å². The summed E-state index contributed by atoms with van der Waals surface area (Å²) in [7, 11) is 0. The molecule has 0 saturated carbocycles. The quantitative estimate of drug-likeness (QED) is 0.645. The lowest BCUT2D eigenvalue weighted by Crippen LogP contribution is -1.90. The van der Waals surface area contributed by atoms with Gasteiger partial charge in [-0.25, -0.2) is 9.97 Å². The fourth-order valence-corrected chi connectivity index (χ4v) is 1.10. The molecule has 0 radical (unpaired) electrons. The van der Waals surface area contributed by atoms with Crippen LogP contribution in [0.15, 0.2) is 18.7 Å². The second-order valence-electron chi connectivity index (χ2n) is 1.66. The molecule has 0 aromatic carbocycles. The van der Waals surface area contributed by atoms with E-state index in [0.717, 1.165) is 0 Å². The van der Waals surface area contributed by atoms with Crippen molar-refractivity contribution in [2.75, 3.05) is 0 Å². The van der Waals surface area contributed by atoms with Crippen LogP contribution in [0.25, 0.3) is 0 Å². The monoisotopic (exact) mass is 192 g/mol. The van der Waals surface area contributed by atoms with E-state index in [1.54, 1.807) is 0 Å². The molecule has 0 aliphatic rings. The van der Waals surface area contributed by atoms with Crippen LogP contribution in [0.1, 0.15) is 0 Å². The van der Waals surface area contributed by atoms with Crippen LogP contribution in [0.3, 0.4) is 0 Å². The van der Waals surface area contributed by atoms with Gasteiger partial charge in [-0.3, -0.25) is 0 Å². The predicted octanol–water partition coefficient (Wildman–Crippen LogP) is 0.0645. The summed E-state index contributed by atoms with van der Waals surface area (Å²) in [4.78, 5) is 24.5. The van der Waals surface area contributed by atoms with Gasteiger partial charge in [0.05, 0.1) is 12.4 Å². The number of hydrogen-bond donors (Lipinski definition) is 2. The van der Waals surface area contributed by atoms with Crippen LogP contribution in [-0.2, 0) is 11.8 Å². The summed E-state index contributed by atoms with van der Waals surface area (Å²) >= 11 is 4.21. The molecule has 2 N–H and O–H groups in total. The van der Waals surface area contributed by atoms with Crippen LogP contribution in [0, 0.1) is 0 Å². The highest BCUT2D eigenvalue weighted by Gasteiger charge is 2.09. The molecule has 1 heterocycles. The Labute approximate surface area is 68.0 Å². The first kappa shape index (κ1) is 8.55. The van der Waals surface area contributed by atoms with Crippen molar-refractivity contribution in [2.24, 2.45) is 0 Å². The Hall–Kier alpha value is -0.550. The molecule has 0 amide bonds. The molecule has 0 spiro atoms. The van der Waals surface area contributed by atoms with Gasteiger partial charge in [0.25, 0.3) is 0 Å². The van der Waals surface area contributed by atoms with E-state index in [-0.39, 0.29) is 5.75 Å². The Bertz CT molecular complexity index is 274. The van der Waals surface area contributed by atoms with Gasteiger partial charge < -0.3 is 14.3 Å². The van der Waals surface area contributed by atoms with Gasteiger partial charge in [-0.2, -0.15) is 0 Å². The number of aromatic nitrogens is 2. The van der Waals surface area contributed by atoms with Crippen molar-refractivity contribution in [3.05, 3.63) is 18.7 Å². The molecule has 60 valence electrons. The van der Waals surface area contributed by atoms with Crippen LogP contribution >= 0.6 is 6.72 Å². The van der Waals surface area contributed by atoms with Crippen LogP contribution in [-0.4, -0.2) is 19.8 Å². The lowest BCUT2D eigenvalue weighted by Gasteiger charge is -2.07. The zero-order valence-electron chi connectivity index (χ0n) is 5.28. The third kappa shape index (κ3) is 3.38. The maximum atomic E-state index is 8.67. The average molecular weight is 192 g/mol. The summed E-state index contributed by atoms with van der Waals surface area (Å²) in [5.41, 5.74) is 0. The second-order valence-corrected chi connectivity index (χ2v) is 4.25. The Morgan fingerprint density at radius 1 is 1.36 bits per heavy atom. The van der Waals surface area contributed by atoms with E-state index in [1.807, 2.05) is 0 Å². The van der Waals surface area contributed by atoms with Crippen molar-refractivity contribution in [2.45, 2.75) is 0 Å². The first-order valence-corrected chi connectivity index (χ1v) is 5.21. The number of nitrogens with zero attached hydrogens (tertiary/aromatic N) is 2. The molecular weight excluding hydrogens is 187 g/mol. The molecule has 1 aromatic heterocycles. The Morgan fingerprint density at radius 3 is 2.36 bits per heavy atom. The molecule has 0 fully saturated rings. The van der Waals surface area contributed by atoms with E-state index in [2.05, 4.69) is 26.3 Å². The highest BCUT2D eigenvalue weighted by Crippen LogP contribution is 2.36. The first-order valence-electron chi connectivity index (χ1n) is 2.58. The molecule has 0 bridgehead atoms. The van der Waals surface area contributed by atoms with Gasteiger partial charge in [0.2, 0.25) is 0 Å². The number of hydrogen-bond acceptors (Lipinski definition) is 4. The van der Waals surface area contributed by atoms with Gasteiger partial charge >= 0.3 is 6.72 Å². The van der Waals surface area contributed by atoms with E-state index < -0.39 is 6.72 Å². The van der Waals surface area contributed by atoms with E-state index in [0.29, 0.717) is 0 Å². The van der Waals surface area contributed by atoms with E-state index >= 15 is 0 Å². The lowest BCUT2D eigenvalue weighted by molar-refractivity contribution is 0.369. The van der Waals surface area contributed by atoms with Crippen LogP contribution in [0.5, 0.6) is 5.75 Å². The minimum atomic E-state index is -3.63. The first-order chi connectivity index (χ1) is 5.08. The summed E-state index contributed by atoms with van der Waals surface area (Å²) in [5, 5.41) is 0. The smallest absolute Gasteiger partial charge is 0.375 e. The summed E-state index contributed by atoms with van der Waals surface area (Å²) in [5.74, 6) is 0.154. The zero-order valence-corrected chi connectivity index (χ0v) is 7.00. The maximum Gasteiger partial charge on any atom is 0.375 e. The fraction of sp³-hybridized carbons (Fsp3) is 0. The maximum absolute atomic E-state index is 8.67.